The zero-order chi connectivity index (χ0) is 13.9. The lowest BCUT2D eigenvalue weighted by atomic mass is 10.3. The monoisotopic (exact) mass is 284 g/mol. The lowest BCUT2D eigenvalue weighted by Gasteiger charge is -2.07. The van der Waals surface area contributed by atoms with Crippen molar-refractivity contribution in [1.29, 1.82) is 0 Å². The van der Waals surface area contributed by atoms with E-state index in [1.54, 1.807) is 12.4 Å². The molecule has 0 bridgehead atoms. The molecule has 0 radical (unpaired) electrons. The maximum absolute atomic E-state index is 13.1. The smallest absolute Gasteiger partial charge is 0.240 e. The first-order chi connectivity index (χ1) is 8.97. The molecule has 0 amide bonds. The van der Waals surface area contributed by atoms with E-state index in [1.807, 2.05) is 0 Å². The quantitative estimate of drug-likeness (QED) is 0.702. The second-order valence-electron chi connectivity index (χ2n) is 3.90. The van der Waals surface area contributed by atoms with Crippen LogP contribution in [-0.4, -0.2) is 24.9 Å². The Labute approximate surface area is 109 Å². The average molecular weight is 284 g/mol. The number of aromatic amines is 1. The molecule has 0 aliphatic carbocycles. The van der Waals surface area contributed by atoms with E-state index in [4.69, 9.17) is 5.73 Å². The number of sulfonamides is 1. The van der Waals surface area contributed by atoms with Crippen molar-refractivity contribution in [2.75, 3.05) is 12.3 Å². The maximum atomic E-state index is 13.1. The van der Waals surface area contributed by atoms with Crippen LogP contribution in [0.3, 0.4) is 0 Å². The van der Waals surface area contributed by atoms with Crippen LogP contribution in [0.2, 0.25) is 0 Å². The lowest BCUT2D eigenvalue weighted by molar-refractivity contribution is 0.577. The molecular weight excluding hydrogens is 271 g/mol. The van der Waals surface area contributed by atoms with Gasteiger partial charge in [-0.15, -0.1) is 0 Å². The second kappa shape index (κ2) is 5.37. The van der Waals surface area contributed by atoms with Gasteiger partial charge in [-0.1, -0.05) is 0 Å². The van der Waals surface area contributed by atoms with Crippen molar-refractivity contribution >= 4 is 15.7 Å². The van der Waals surface area contributed by atoms with Crippen LogP contribution in [0.4, 0.5) is 10.1 Å². The summed E-state index contributed by atoms with van der Waals surface area (Å²) < 4.78 is 39.3. The first kappa shape index (κ1) is 13.5. The van der Waals surface area contributed by atoms with Crippen molar-refractivity contribution in [3.05, 3.63) is 42.2 Å². The van der Waals surface area contributed by atoms with Crippen molar-refractivity contribution in [2.45, 2.75) is 11.3 Å². The van der Waals surface area contributed by atoms with E-state index in [1.165, 1.54) is 6.07 Å². The largest absolute Gasteiger partial charge is 0.399 e. The summed E-state index contributed by atoms with van der Waals surface area (Å²) in [5.41, 5.74) is 5.48. The molecular formula is C11H13FN4O2S. The molecule has 0 saturated heterocycles. The molecule has 1 heterocycles. The standard InChI is InChI=1S/C11H13FN4O2S/c12-8-5-9(13)7-10(6-8)19(17,18)16-2-1-11-14-3-4-15-11/h3-7,16H,1-2,13H2,(H,14,15). The number of anilines is 1. The molecule has 0 fully saturated rings. The van der Waals surface area contributed by atoms with Crippen molar-refractivity contribution in [2.24, 2.45) is 0 Å². The summed E-state index contributed by atoms with van der Waals surface area (Å²) in [5.74, 6) is -0.0205. The number of benzene rings is 1. The molecule has 102 valence electrons. The molecule has 0 aliphatic heterocycles. The highest BCUT2D eigenvalue weighted by Gasteiger charge is 2.15. The number of rotatable bonds is 5. The Bertz CT molecular complexity index is 635. The van der Waals surface area contributed by atoms with Crippen molar-refractivity contribution in [3.63, 3.8) is 0 Å². The summed E-state index contributed by atoms with van der Waals surface area (Å²) in [6.07, 6.45) is 3.64. The highest BCUT2D eigenvalue weighted by molar-refractivity contribution is 7.89. The van der Waals surface area contributed by atoms with Crippen molar-refractivity contribution in [3.8, 4) is 0 Å². The van der Waals surface area contributed by atoms with Crippen LogP contribution in [0.25, 0.3) is 0 Å². The number of halogens is 1. The number of imidazole rings is 1. The number of nitrogens with two attached hydrogens (primary N) is 1. The minimum Gasteiger partial charge on any atom is -0.399 e. The first-order valence-electron chi connectivity index (χ1n) is 5.51. The molecule has 0 aliphatic rings. The van der Waals surface area contributed by atoms with E-state index in [-0.39, 0.29) is 17.1 Å². The van der Waals surface area contributed by atoms with Gasteiger partial charge >= 0.3 is 0 Å². The number of aromatic nitrogens is 2. The van der Waals surface area contributed by atoms with Crippen LogP contribution in [0.5, 0.6) is 0 Å². The van der Waals surface area contributed by atoms with Crippen LogP contribution < -0.4 is 10.5 Å². The number of nitrogens with zero attached hydrogens (tertiary/aromatic N) is 1. The van der Waals surface area contributed by atoms with E-state index in [0.717, 1.165) is 12.1 Å². The molecule has 19 heavy (non-hydrogen) atoms. The summed E-state index contributed by atoms with van der Waals surface area (Å²) in [6, 6.07) is 3.19. The van der Waals surface area contributed by atoms with Gasteiger partial charge in [-0.05, 0) is 18.2 Å². The van der Waals surface area contributed by atoms with Crippen LogP contribution >= 0.6 is 0 Å². The summed E-state index contributed by atoms with van der Waals surface area (Å²) in [5, 5.41) is 0. The van der Waals surface area contributed by atoms with Gasteiger partial charge in [0, 0.05) is 31.0 Å². The fourth-order valence-corrected chi connectivity index (χ4v) is 2.66. The number of hydrogen-bond donors (Lipinski definition) is 3. The zero-order valence-electron chi connectivity index (χ0n) is 9.93. The molecule has 6 nitrogen and oxygen atoms in total. The molecule has 2 aromatic rings. The van der Waals surface area contributed by atoms with Crippen molar-refractivity contribution in [1.82, 2.24) is 14.7 Å². The summed E-state index contributed by atoms with van der Waals surface area (Å²) in [4.78, 5) is 6.63. The van der Waals surface area contributed by atoms with Crippen LogP contribution in [0.1, 0.15) is 5.82 Å². The van der Waals surface area contributed by atoms with Crippen LogP contribution in [0, 0.1) is 5.82 Å². The lowest BCUT2D eigenvalue weighted by Crippen LogP contribution is -2.26. The van der Waals surface area contributed by atoms with Gasteiger partial charge in [0.15, 0.2) is 0 Å². The van der Waals surface area contributed by atoms with E-state index in [9.17, 15) is 12.8 Å². The van der Waals surface area contributed by atoms with Gasteiger partial charge in [-0.3, -0.25) is 0 Å². The van der Waals surface area contributed by atoms with E-state index in [2.05, 4.69) is 14.7 Å². The molecule has 0 spiro atoms. The minimum atomic E-state index is -3.77. The zero-order valence-corrected chi connectivity index (χ0v) is 10.7. The number of nitrogens with one attached hydrogen (secondary N) is 2. The first-order valence-corrected chi connectivity index (χ1v) is 7.00. The third-order valence-corrected chi connectivity index (χ3v) is 3.85. The van der Waals surface area contributed by atoms with Crippen LogP contribution in [0.15, 0.2) is 35.5 Å². The summed E-state index contributed by atoms with van der Waals surface area (Å²) in [6.45, 7) is 0.159. The number of nitrogen functional groups attached to an aromatic ring is 1. The predicted octanol–water partition coefficient (Wildman–Crippen LogP) is 0.652. The highest BCUT2D eigenvalue weighted by atomic mass is 32.2. The molecule has 0 unspecified atom stereocenters. The van der Waals surface area contributed by atoms with Crippen molar-refractivity contribution < 1.29 is 12.8 Å². The van der Waals surface area contributed by atoms with Crippen LogP contribution in [-0.2, 0) is 16.4 Å². The number of H-pyrrole nitrogens is 1. The Morgan fingerprint density at radius 3 is 2.79 bits per heavy atom. The molecule has 1 aromatic heterocycles. The molecule has 4 N–H and O–H groups in total. The summed E-state index contributed by atoms with van der Waals surface area (Å²) in [7, 11) is -3.77. The Balaban J connectivity index is 2.05. The van der Waals surface area contributed by atoms with Gasteiger partial charge in [0.05, 0.1) is 4.90 Å². The Morgan fingerprint density at radius 1 is 1.37 bits per heavy atom. The SMILES string of the molecule is Nc1cc(F)cc(S(=O)(=O)NCCc2ncc[nH]2)c1. The van der Waals surface area contributed by atoms with Gasteiger partial charge < -0.3 is 10.7 Å². The molecule has 2 rings (SSSR count). The summed E-state index contributed by atoms with van der Waals surface area (Å²) >= 11 is 0. The fourth-order valence-electron chi connectivity index (χ4n) is 1.56. The number of hydrogen-bond acceptors (Lipinski definition) is 4. The highest BCUT2D eigenvalue weighted by Crippen LogP contribution is 2.15. The molecule has 0 saturated carbocycles. The topological polar surface area (TPSA) is 101 Å². The van der Waals surface area contributed by atoms with Gasteiger partial charge in [0.25, 0.3) is 0 Å². The van der Waals surface area contributed by atoms with E-state index in [0.29, 0.717) is 12.2 Å². The predicted molar refractivity (Wildman–Crippen MR) is 68.3 cm³/mol. The Kier molecular flexibility index (Phi) is 3.82. The molecule has 8 heteroatoms. The van der Waals surface area contributed by atoms with Gasteiger partial charge in [0.2, 0.25) is 10.0 Å². The fraction of sp³-hybridized carbons (Fsp3) is 0.182. The van der Waals surface area contributed by atoms with E-state index < -0.39 is 15.8 Å². The average Bonchev–Trinajstić information content (AvgIpc) is 2.80. The normalized spacial score (nSPS) is 11.6. The van der Waals surface area contributed by atoms with Gasteiger partial charge in [0.1, 0.15) is 11.6 Å². The van der Waals surface area contributed by atoms with Gasteiger partial charge in [-0.25, -0.2) is 22.5 Å². The Morgan fingerprint density at radius 2 is 2.16 bits per heavy atom. The molecule has 0 atom stereocenters. The second-order valence-corrected chi connectivity index (χ2v) is 5.67. The maximum Gasteiger partial charge on any atom is 0.240 e. The Hall–Kier alpha value is -1.93. The third kappa shape index (κ3) is 3.52. The van der Waals surface area contributed by atoms with E-state index >= 15 is 0 Å². The third-order valence-electron chi connectivity index (χ3n) is 2.41. The minimum absolute atomic E-state index is 0.0615. The molecule has 1 aromatic carbocycles. The van der Waals surface area contributed by atoms with Gasteiger partial charge in [-0.2, -0.15) is 0 Å².